The second-order valence-corrected chi connectivity index (χ2v) is 6.59. The minimum absolute atomic E-state index is 0.00294. The van der Waals surface area contributed by atoms with E-state index in [1.165, 1.54) is 0 Å². The molecule has 1 amide bonds. The molecule has 0 bridgehead atoms. The summed E-state index contributed by atoms with van der Waals surface area (Å²) in [4.78, 5) is 33.2. The van der Waals surface area contributed by atoms with E-state index < -0.39 is 5.97 Å². The van der Waals surface area contributed by atoms with Gasteiger partial charge in [-0.15, -0.1) is 0 Å². The van der Waals surface area contributed by atoms with Crippen molar-refractivity contribution in [2.24, 2.45) is 17.3 Å². The lowest BCUT2D eigenvalue weighted by atomic mass is 9.80. The van der Waals surface area contributed by atoms with Crippen molar-refractivity contribution in [1.82, 2.24) is 5.32 Å². The van der Waals surface area contributed by atoms with Crippen molar-refractivity contribution in [2.75, 3.05) is 19.8 Å². The van der Waals surface area contributed by atoms with Crippen LogP contribution in [0.2, 0.25) is 0 Å². The Bertz CT molecular complexity index is 370. The number of nitrogens with one attached hydrogen (secondary N) is 1. The third kappa shape index (κ3) is 5.93. The van der Waals surface area contributed by atoms with Crippen LogP contribution in [0.5, 0.6) is 0 Å². The molecule has 6 nitrogen and oxygen atoms in total. The molecule has 2 N–H and O–H groups in total. The summed E-state index contributed by atoms with van der Waals surface area (Å²) in [6.07, 6.45) is 4.36. The second kappa shape index (κ2) is 9.10. The quantitative estimate of drug-likeness (QED) is 0.388. The molecule has 0 saturated heterocycles. The molecule has 0 heterocycles. The molecule has 128 valence electrons. The van der Waals surface area contributed by atoms with Gasteiger partial charge in [0.25, 0.3) is 0 Å². The van der Waals surface area contributed by atoms with E-state index in [9.17, 15) is 9.59 Å². The molecule has 1 aliphatic rings. The Morgan fingerprint density at radius 1 is 1.23 bits per heavy atom. The molecule has 2 unspecified atom stereocenters. The highest BCUT2D eigenvalue weighted by Gasteiger charge is 2.31. The fraction of sp³-hybridized carbons (Fsp3) is 0.875. The molecular weight excluding hydrogens is 286 g/mol. The summed E-state index contributed by atoms with van der Waals surface area (Å²) in [6.45, 7) is 6.71. The van der Waals surface area contributed by atoms with Gasteiger partial charge >= 0.3 is 5.97 Å². The average molecular weight is 315 g/mol. The highest BCUT2D eigenvalue weighted by molar-refractivity contribution is 5.81. The molecule has 0 radical (unpaired) electrons. The first-order chi connectivity index (χ1) is 10.4. The van der Waals surface area contributed by atoms with E-state index in [-0.39, 0.29) is 29.8 Å². The largest absolute Gasteiger partial charge is 0.481 e. The van der Waals surface area contributed by atoms with Crippen molar-refractivity contribution in [1.29, 1.82) is 0 Å². The van der Waals surface area contributed by atoms with Crippen molar-refractivity contribution in [3.8, 4) is 0 Å². The smallest absolute Gasteiger partial charge is 0.306 e. The van der Waals surface area contributed by atoms with Gasteiger partial charge in [0, 0.05) is 12.0 Å². The van der Waals surface area contributed by atoms with Gasteiger partial charge in [-0.1, -0.05) is 33.6 Å². The van der Waals surface area contributed by atoms with Crippen molar-refractivity contribution >= 4 is 11.9 Å². The van der Waals surface area contributed by atoms with Gasteiger partial charge in [-0.25, -0.2) is 9.78 Å². The molecule has 0 aromatic carbocycles. The maximum atomic E-state index is 11.8. The Morgan fingerprint density at radius 3 is 2.55 bits per heavy atom. The van der Waals surface area contributed by atoms with Crippen LogP contribution in [0.3, 0.4) is 0 Å². The number of carbonyl (C=O) groups excluding carboxylic acids is 1. The van der Waals surface area contributed by atoms with Gasteiger partial charge in [0.15, 0.2) is 0 Å². The summed E-state index contributed by atoms with van der Waals surface area (Å²) in [5, 5.41) is 12.0. The summed E-state index contributed by atoms with van der Waals surface area (Å²) in [5.74, 6) is -1.07. The number of aliphatic carboxylic acids is 1. The molecule has 0 aliphatic heterocycles. The number of hydrogen-bond acceptors (Lipinski definition) is 4. The molecule has 2 atom stereocenters. The zero-order valence-corrected chi connectivity index (χ0v) is 13.9. The first-order valence-electron chi connectivity index (χ1n) is 8.14. The molecule has 1 fully saturated rings. The topological polar surface area (TPSA) is 84.9 Å². The summed E-state index contributed by atoms with van der Waals surface area (Å²) >= 11 is 0. The van der Waals surface area contributed by atoms with Crippen LogP contribution >= 0.6 is 0 Å². The van der Waals surface area contributed by atoms with Crippen LogP contribution < -0.4 is 5.32 Å². The number of carboxylic acids is 1. The maximum Gasteiger partial charge on any atom is 0.306 e. The summed E-state index contributed by atoms with van der Waals surface area (Å²) < 4.78 is 0. The van der Waals surface area contributed by atoms with E-state index >= 15 is 0 Å². The van der Waals surface area contributed by atoms with Gasteiger partial charge in [0.2, 0.25) is 5.91 Å². The first kappa shape index (κ1) is 18.9. The second-order valence-electron chi connectivity index (χ2n) is 6.59. The predicted molar refractivity (Wildman–Crippen MR) is 82.1 cm³/mol. The monoisotopic (exact) mass is 315 g/mol. The highest BCUT2D eigenvalue weighted by atomic mass is 17.2. The Morgan fingerprint density at radius 2 is 1.91 bits per heavy atom. The zero-order chi connectivity index (χ0) is 16.6. The van der Waals surface area contributed by atoms with Crippen LogP contribution in [0.4, 0.5) is 0 Å². The number of hydrogen-bond donors (Lipinski definition) is 2. The normalized spacial score (nSPS) is 22.3. The fourth-order valence-corrected chi connectivity index (χ4v) is 2.53. The summed E-state index contributed by atoms with van der Waals surface area (Å²) in [6, 6.07) is 0. The maximum absolute atomic E-state index is 11.8. The zero-order valence-electron chi connectivity index (χ0n) is 13.9. The average Bonchev–Trinajstić information content (AvgIpc) is 2.50. The van der Waals surface area contributed by atoms with E-state index in [1.807, 2.05) is 20.8 Å². The molecule has 1 aliphatic carbocycles. The molecule has 22 heavy (non-hydrogen) atoms. The van der Waals surface area contributed by atoms with Crippen LogP contribution in [0, 0.1) is 17.3 Å². The van der Waals surface area contributed by atoms with E-state index in [2.05, 4.69) is 5.32 Å². The van der Waals surface area contributed by atoms with E-state index in [1.54, 1.807) is 0 Å². The number of amides is 1. The fourth-order valence-electron chi connectivity index (χ4n) is 2.53. The predicted octanol–water partition coefficient (Wildman–Crippen LogP) is 2.38. The Balaban J connectivity index is 2.15. The van der Waals surface area contributed by atoms with E-state index in [0.29, 0.717) is 19.6 Å². The molecule has 0 spiro atoms. The molecule has 6 heteroatoms. The van der Waals surface area contributed by atoms with Crippen LogP contribution in [-0.2, 0) is 19.4 Å². The number of rotatable bonds is 9. The molecule has 1 rings (SSSR count). The van der Waals surface area contributed by atoms with Gasteiger partial charge in [0.05, 0.1) is 19.1 Å². The van der Waals surface area contributed by atoms with Crippen LogP contribution in [0.1, 0.15) is 52.9 Å². The minimum Gasteiger partial charge on any atom is -0.481 e. The van der Waals surface area contributed by atoms with Crippen molar-refractivity contribution < 1.29 is 24.5 Å². The van der Waals surface area contributed by atoms with E-state index in [4.69, 9.17) is 14.9 Å². The van der Waals surface area contributed by atoms with Crippen molar-refractivity contribution in [2.45, 2.75) is 52.9 Å². The molecular formula is C16H29NO5. The Hall–Kier alpha value is -1.14. The molecule has 0 aromatic heterocycles. The lowest BCUT2D eigenvalue weighted by Crippen LogP contribution is -2.38. The van der Waals surface area contributed by atoms with Crippen molar-refractivity contribution in [3.05, 3.63) is 0 Å². The SMILES string of the molecule is CCC(C)(C)C(=O)NCCOOCC1CCCCC1C(=O)O. The van der Waals surface area contributed by atoms with Crippen molar-refractivity contribution in [3.63, 3.8) is 0 Å². The van der Waals surface area contributed by atoms with Gasteiger partial charge in [0.1, 0.15) is 0 Å². The Kier molecular flexibility index (Phi) is 7.82. The lowest BCUT2D eigenvalue weighted by molar-refractivity contribution is -0.302. The van der Waals surface area contributed by atoms with Gasteiger partial charge < -0.3 is 10.4 Å². The standard InChI is InChI=1S/C16H29NO5/c1-4-16(2,3)15(20)17-9-10-21-22-11-12-7-5-6-8-13(12)14(18)19/h12-13H,4-11H2,1-3H3,(H,17,20)(H,18,19). The van der Waals surface area contributed by atoms with Gasteiger partial charge in [-0.3, -0.25) is 9.59 Å². The van der Waals surface area contributed by atoms with Crippen LogP contribution in [0.15, 0.2) is 0 Å². The minimum atomic E-state index is -0.748. The third-order valence-electron chi connectivity index (χ3n) is 4.56. The first-order valence-corrected chi connectivity index (χ1v) is 8.14. The third-order valence-corrected chi connectivity index (χ3v) is 4.56. The van der Waals surface area contributed by atoms with Crippen LogP contribution in [-0.4, -0.2) is 36.7 Å². The van der Waals surface area contributed by atoms with Gasteiger partial charge in [-0.05, 0) is 25.2 Å². The number of carboxylic acid groups (broad SMARTS) is 1. The molecule has 0 aromatic rings. The lowest BCUT2D eigenvalue weighted by Gasteiger charge is -2.27. The van der Waals surface area contributed by atoms with Crippen LogP contribution in [0.25, 0.3) is 0 Å². The molecule has 1 saturated carbocycles. The van der Waals surface area contributed by atoms with Gasteiger partial charge in [-0.2, -0.15) is 0 Å². The Labute approximate surface area is 132 Å². The highest BCUT2D eigenvalue weighted by Crippen LogP contribution is 2.30. The summed E-state index contributed by atoms with van der Waals surface area (Å²) in [7, 11) is 0. The van der Waals surface area contributed by atoms with E-state index in [0.717, 1.165) is 25.7 Å². The number of carbonyl (C=O) groups is 2. The summed E-state index contributed by atoms with van der Waals surface area (Å²) in [5.41, 5.74) is -0.377.